The number of allylic oxidation sites excluding steroid dienone is 22. The molecule has 2 unspecified atom stereocenters. The van der Waals surface area contributed by atoms with Crippen molar-refractivity contribution in [2.75, 3.05) is 47.5 Å². The quantitative estimate of drug-likeness (QED) is 0.0211. The van der Waals surface area contributed by atoms with Crippen molar-refractivity contribution in [3.63, 3.8) is 0 Å². The first kappa shape index (κ1) is 86.4. The molecule has 91 heavy (non-hydrogen) atoms. The number of aliphatic carboxylic acids is 1. The van der Waals surface area contributed by atoms with Crippen molar-refractivity contribution < 1.29 is 42.9 Å². The van der Waals surface area contributed by atoms with Crippen LogP contribution in [0.25, 0.3) is 0 Å². The van der Waals surface area contributed by atoms with Crippen molar-refractivity contribution in [1.29, 1.82) is 0 Å². The van der Waals surface area contributed by atoms with E-state index >= 15 is 0 Å². The Morgan fingerprint density at radius 1 is 0.330 bits per heavy atom. The molecule has 520 valence electrons. The summed E-state index contributed by atoms with van der Waals surface area (Å²) in [6.45, 7) is 4.67. The highest BCUT2D eigenvalue weighted by atomic mass is 16.7. The third kappa shape index (κ3) is 72.7. The van der Waals surface area contributed by atoms with Crippen molar-refractivity contribution >= 4 is 17.9 Å². The highest BCUT2D eigenvalue weighted by Crippen LogP contribution is 2.18. The zero-order valence-electron chi connectivity index (χ0n) is 59.5. The highest BCUT2D eigenvalue weighted by molar-refractivity contribution is 5.71. The summed E-state index contributed by atoms with van der Waals surface area (Å²) in [4.78, 5) is 37.7. The summed E-state index contributed by atoms with van der Waals surface area (Å²) in [5, 5.41) is 9.76. The molecule has 2 atom stereocenters. The number of hydrogen-bond acceptors (Lipinski definition) is 7. The summed E-state index contributed by atoms with van der Waals surface area (Å²) in [6, 6.07) is 0. The Kier molecular flexibility index (Phi) is 67.7. The van der Waals surface area contributed by atoms with Gasteiger partial charge in [0, 0.05) is 12.8 Å². The van der Waals surface area contributed by atoms with Gasteiger partial charge in [0.25, 0.3) is 6.29 Å². The lowest BCUT2D eigenvalue weighted by Crippen LogP contribution is -2.40. The number of unbranched alkanes of at least 4 members (excludes halogenated alkanes) is 31. The van der Waals surface area contributed by atoms with E-state index in [9.17, 15) is 19.5 Å². The molecule has 0 spiro atoms. The largest absolute Gasteiger partial charge is 0.477 e. The Morgan fingerprint density at radius 2 is 0.593 bits per heavy atom. The number of carboxylic acids is 1. The second kappa shape index (κ2) is 71.3. The third-order valence-electron chi connectivity index (χ3n) is 15.9. The van der Waals surface area contributed by atoms with Crippen molar-refractivity contribution in [3.05, 3.63) is 134 Å². The van der Waals surface area contributed by atoms with Gasteiger partial charge in [0.15, 0.2) is 6.10 Å². The molecule has 0 aliphatic heterocycles. The van der Waals surface area contributed by atoms with E-state index in [2.05, 4.69) is 148 Å². The third-order valence-corrected chi connectivity index (χ3v) is 15.9. The van der Waals surface area contributed by atoms with E-state index in [1.807, 2.05) is 21.1 Å². The van der Waals surface area contributed by atoms with E-state index in [0.717, 1.165) is 109 Å². The molecule has 0 saturated carbocycles. The number of quaternary nitrogens is 1. The predicted molar refractivity (Wildman–Crippen MR) is 391 cm³/mol. The SMILES string of the molecule is CC/C=C\C/C=C\C/C=C\C/C=C\C/C=C\C/C=C\C/C=C\CCCCCCCCCCCCCCCC(=O)OC(COC(=O)CCCCCCCCCCCCCCCCCCCC/C=C\C/C=C\C/C=C\C/C=C\CC)COC(OCC[N+](C)(C)C)C(=O)O. The molecular weight excluding hydrogens is 1130 g/mol. The molecule has 9 nitrogen and oxygen atoms in total. The maximum Gasteiger partial charge on any atom is 0.361 e. The molecule has 0 aromatic carbocycles. The molecule has 0 amide bonds. The lowest BCUT2D eigenvalue weighted by atomic mass is 10.0. The Labute approximate surface area is 560 Å². The molecule has 0 saturated heterocycles. The first-order chi connectivity index (χ1) is 44.6. The van der Waals surface area contributed by atoms with Gasteiger partial charge in [0.1, 0.15) is 13.2 Å². The lowest BCUT2D eigenvalue weighted by molar-refractivity contribution is -0.870. The average Bonchev–Trinajstić information content (AvgIpc) is 3.46. The zero-order chi connectivity index (χ0) is 66.1. The minimum Gasteiger partial charge on any atom is -0.477 e. The first-order valence-corrected chi connectivity index (χ1v) is 37.3. The van der Waals surface area contributed by atoms with Crippen LogP contribution in [0, 0.1) is 0 Å². The van der Waals surface area contributed by atoms with Crippen molar-refractivity contribution in [2.45, 2.75) is 322 Å². The summed E-state index contributed by atoms with van der Waals surface area (Å²) in [5.74, 6) is -2.00. The minimum atomic E-state index is -1.52. The molecule has 0 rings (SSSR count). The number of esters is 2. The fraction of sp³-hybridized carbons (Fsp3) is 0.695. The maximum absolute atomic E-state index is 13.0. The number of carbonyl (C=O) groups is 3. The fourth-order valence-electron chi connectivity index (χ4n) is 10.3. The fourth-order valence-corrected chi connectivity index (χ4v) is 10.3. The van der Waals surface area contributed by atoms with Gasteiger partial charge in [-0.25, -0.2) is 4.79 Å². The number of nitrogens with zero attached hydrogens (tertiary/aromatic N) is 1. The summed E-state index contributed by atoms with van der Waals surface area (Å²) in [6.07, 6.45) is 100. The van der Waals surface area contributed by atoms with Gasteiger partial charge < -0.3 is 28.5 Å². The van der Waals surface area contributed by atoms with Gasteiger partial charge in [0.2, 0.25) is 0 Å². The van der Waals surface area contributed by atoms with Crippen molar-refractivity contribution in [3.8, 4) is 0 Å². The van der Waals surface area contributed by atoms with Crippen LogP contribution >= 0.6 is 0 Å². The number of hydrogen-bond donors (Lipinski definition) is 1. The van der Waals surface area contributed by atoms with Crippen LogP contribution in [0.3, 0.4) is 0 Å². The molecule has 0 fully saturated rings. The second-order valence-electron chi connectivity index (χ2n) is 25.8. The van der Waals surface area contributed by atoms with Gasteiger partial charge in [-0.2, -0.15) is 0 Å². The molecular formula is C82H140NO8+. The van der Waals surface area contributed by atoms with Crippen LogP contribution in [0.2, 0.25) is 0 Å². The summed E-state index contributed by atoms with van der Waals surface area (Å²) in [5.41, 5.74) is 0. The van der Waals surface area contributed by atoms with E-state index in [-0.39, 0.29) is 32.2 Å². The summed E-state index contributed by atoms with van der Waals surface area (Å²) < 4.78 is 23.0. The molecule has 0 aromatic rings. The van der Waals surface area contributed by atoms with Gasteiger partial charge in [0.05, 0.1) is 34.4 Å². The highest BCUT2D eigenvalue weighted by Gasteiger charge is 2.25. The number of carbonyl (C=O) groups excluding carboxylic acids is 2. The van der Waals surface area contributed by atoms with Crippen molar-refractivity contribution in [2.24, 2.45) is 0 Å². The lowest BCUT2D eigenvalue weighted by Gasteiger charge is -2.25. The maximum atomic E-state index is 13.0. The van der Waals surface area contributed by atoms with Gasteiger partial charge in [-0.05, 0) is 109 Å². The summed E-state index contributed by atoms with van der Waals surface area (Å²) >= 11 is 0. The van der Waals surface area contributed by atoms with E-state index < -0.39 is 24.3 Å². The number of ether oxygens (including phenoxy) is 4. The molecule has 0 radical (unpaired) electrons. The number of carboxylic acid groups (broad SMARTS) is 1. The monoisotopic (exact) mass is 1270 g/mol. The van der Waals surface area contributed by atoms with Crippen LogP contribution in [0.15, 0.2) is 134 Å². The Bertz CT molecular complexity index is 1960. The zero-order valence-corrected chi connectivity index (χ0v) is 59.5. The molecule has 0 heterocycles. The van der Waals surface area contributed by atoms with Crippen LogP contribution in [0.4, 0.5) is 0 Å². The van der Waals surface area contributed by atoms with E-state index in [4.69, 9.17) is 18.9 Å². The van der Waals surface area contributed by atoms with Crippen LogP contribution < -0.4 is 0 Å². The molecule has 1 N–H and O–H groups in total. The van der Waals surface area contributed by atoms with Gasteiger partial charge in [-0.15, -0.1) is 0 Å². The minimum absolute atomic E-state index is 0.184. The first-order valence-electron chi connectivity index (χ1n) is 37.3. The normalized spacial score (nSPS) is 13.5. The molecule has 0 bridgehead atoms. The molecule has 9 heteroatoms. The van der Waals surface area contributed by atoms with Gasteiger partial charge in [-0.1, -0.05) is 321 Å². The number of rotatable bonds is 68. The summed E-state index contributed by atoms with van der Waals surface area (Å²) in [7, 11) is 5.98. The second-order valence-corrected chi connectivity index (χ2v) is 25.8. The predicted octanol–water partition coefficient (Wildman–Crippen LogP) is 23.7. The van der Waals surface area contributed by atoms with E-state index in [0.29, 0.717) is 23.9 Å². The van der Waals surface area contributed by atoms with Gasteiger partial charge >= 0.3 is 17.9 Å². The Hall–Kier alpha value is -4.57. The topological polar surface area (TPSA) is 108 Å². The van der Waals surface area contributed by atoms with E-state index in [1.165, 1.54) is 167 Å². The van der Waals surface area contributed by atoms with Crippen LogP contribution in [0.5, 0.6) is 0 Å². The molecule has 0 aromatic heterocycles. The number of likely N-dealkylation sites (N-methyl/N-ethyl adjacent to an activating group) is 1. The van der Waals surface area contributed by atoms with Crippen LogP contribution in [-0.4, -0.2) is 87.4 Å². The Morgan fingerprint density at radius 3 is 0.879 bits per heavy atom. The standard InChI is InChI=1S/C82H139NO8/c1-6-8-10-12-14-16-18-20-22-24-26-28-30-32-34-36-38-39-40-41-43-45-47-49-51-53-55-57-59-61-63-65-67-69-71-73-80(85)91-78(77-90-82(81(86)87)88-75-74-83(3,4)5)76-89-79(84)72-70-68-66-64-62-60-58-56-54-52-50-48-46-44-42-37-35-33-31-29-27-25-23-21-19-17-15-13-11-9-7-2/h8-11,14-17,20-23,26-29,32,34,38-39,41,43,78,82H,6-7,12-13,18-19,24-25,30-31,33,35-37,40,42,44-77H2,1-5H3/p+1/b10-8-,11-9-,16-14-,17-15-,22-20-,23-21-,28-26-,29-27-,34-32-,39-38-,43-41-. The average molecular weight is 1270 g/mol. The van der Waals surface area contributed by atoms with Crippen molar-refractivity contribution in [1.82, 2.24) is 0 Å². The molecule has 0 aliphatic rings. The van der Waals surface area contributed by atoms with Gasteiger partial charge in [-0.3, -0.25) is 9.59 Å². The van der Waals surface area contributed by atoms with Crippen LogP contribution in [-0.2, 0) is 33.3 Å². The van der Waals surface area contributed by atoms with E-state index in [1.54, 1.807) is 0 Å². The Balaban J connectivity index is 4.09. The smallest absolute Gasteiger partial charge is 0.361 e. The molecule has 0 aliphatic carbocycles. The van der Waals surface area contributed by atoms with Crippen LogP contribution in [0.1, 0.15) is 309 Å².